The van der Waals surface area contributed by atoms with Crippen molar-refractivity contribution >= 4 is 16.9 Å². The van der Waals surface area contributed by atoms with E-state index in [0.29, 0.717) is 23.6 Å². The molecular weight excluding hydrogens is 276 g/mol. The number of aromatic nitrogens is 1. The topological polar surface area (TPSA) is 50.2 Å². The molecule has 21 heavy (non-hydrogen) atoms. The summed E-state index contributed by atoms with van der Waals surface area (Å²) < 4.78 is 26.9. The van der Waals surface area contributed by atoms with E-state index in [1.165, 1.54) is 0 Å². The molecule has 1 aromatic carbocycles. The normalized spacial score (nSPS) is 21.3. The van der Waals surface area contributed by atoms with Gasteiger partial charge in [0, 0.05) is 23.1 Å². The van der Waals surface area contributed by atoms with E-state index >= 15 is 0 Å². The molecule has 0 saturated heterocycles. The number of hydrogen-bond donors (Lipinski definition) is 1. The summed E-state index contributed by atoms with van der Waals surface area (Å²) in [4.78, 5) is 16.0. The first-order chi connectivity index (χ1) is 9.90. The number of rotatable bonds is 1. The van der Waals surface area contributed by atoms with Crippen LogP contribution in [0.3, 0.4) is 0 Å². The minimum atomic E-state index is -1.12. The van der Waals surface area contributed by atoms with Gasteiger partial charge in [-0.15, -0.1) is 0 Å². The van der Waals surface area contributed by atoms with E-state index in [0.717, 1.165) is 18.6 Å². The van der Waals surface area contributed by atoms with Crippen molar-refractivity contribution in [3.63, 3.8) is 0 Å². The van der Waals surface area contributed by atoms with Crippen LogP contribution in [0, 0.1) is 17.6 Å². The van der Waals surface area contributed by atoms with Crippen LogP contribution in [0.1, 0.15) is 47.8 Å². The third-order valence-corrected chi connectivity index (χ3v) is 4.51. The minimum absolute atomic E-state index is 0.0626. The van der Waals surface area contributed by atoms with Crippen LogP contribution in [0.4, 0.5) is 8.78 Å². The average Bonchev–Trinajstić information content (AvgIpc) is 2.42. The molecule has 1 aliphatic carbocycles. The molecule has 1 aliphatic rings. The van der Waals surface area contributed by atoms with Crippen LogP contribution in [0.2, 0.25) is 0 Å². The van der Waals surface area contributed by atoms with Gasteiger partial charge in [-0.3, -0.25) is 4.98 Å². The number of halogens is 2. The van der Waals surface area contributed by atoms with Gasteiger partial charge < -0.3 is 5.11 Å². The van der Waals surface area contributed by atoms with Gasteiger partial charge in [0.05, 0.1) is 11.1 Å². The van der Waals surface area contributed by atoms with Crippen molar-refractivity contribution in [3.05, 3.63) is 40.6 Å². The number of nitrogens with zero attached hydrogens (tertiary/aromatic N) is 1. The highest BCUT2D eigenvalue weighted by atomic mass is 19.2. The predicted octanol–water partition coefficient (Wildman–Crippen LogP) is 3.90. The molecule has 2 aromatic rings. The largest absolute Gasteiger partial charge is 0.478 e. The van der Waals surface area contributed by atoms with Crippen LogP contribution in [0.25, 0.3) is 10.9 Å². The molecular formula is C16H15F2NO2. The van der Waals surface area contributed by atoms with E-state index in [4.69, 9.17) is 0 Å². The lowest BCUT2D eigenvalue weighted by molar-refractivity contribution is 0.0697. The molecule has 0 amide bonds. The van der Waals surface area contributed by atoms with Crippen molar-refractivity contribution in [1.82, 2.24) is 4.98 Å². The van der Waals surface area contributed by atoms with Crippen molar-refractivity contribution in [2.45, 2.75) is 32.6 Å². The maximum absolute atomic E-state index is 13.5. The molecule has 2 unspecified atom stereocenters. The van der Waals surface area contributed by atoms with Gasteiger partial charge in [0.2, 0.25) is 0 Å². The smallest absolute Gasteiger partial charge is 0.336 e. The molecule has 0 saturated carbocycles. The third-order valence-electron chi connectivity index (χ3n) is 4.51. The van der Waals surface area contributed by atoms with Crippen molar-refractivity contribution in [2.75, 3.05) is 0 Å². The zero-order valence-corrected chi connectivity index (χ0v) is 11.8. The Kier molecular flexibility index (Phi) is 3.15. The van der Waals surface area contributed by atoms with E-state index in [1.54, 1.807) is 0 Å². The van der Waals surface area contributed by atoms with E-state index in [2.05, 4.69) is 11.9 Å². The van der Waals surface area contributed by atoms with Crippen LogP contribution in [-0.2, 0) is 6.42 Å². The number of carbonyl (C=O) groups is 1. The molecule has 0 fully saturated rings. The van der Waals surface area contributed by atoms with Crippen LogP contribution in [0.5, 0.6) is 0 Å². The SMILES string of the molecule is CC1CCc2c(nc3cc(F)c(F)cc3c2C(=O)O)C1C. The van der Waals surface area contributed by atoms with E-state index in [-0.39, 0.29) is 22.4 Å². The second-order valence-electron chi connectivity index (χ2n) is 5.74. The summed E-state index contributed by atoms with van der Waals surface area (Å²) >= 11 is 0. The molecule has 0 spiro atoms. The van der Waals surface area contributed by atoms with Crippen LogP contribution in [0.15, 0.2) is 12.1 Å². The quantitative estimate of drug-likeness (QED) is 0.867. The van der Waals surface area contributed by atoms with Gasteiger partial charge in [0.15, 0.2) is 11.6 Å². The molecule has 0 bridgehead atoms. The molecule has 3 rings (SSSR count). The van der Waals surface area contributed by atoms with Crippen molar-refractivity contribution in [2.24, 2.45) is 5.92 Å². The Morgan fingerprint density at radius 1 is 1.29 bits per heavy atom. The van der Waals surface area contributed by atoms with Gasteiger partial charge in [0.1, 0.15) is 0 Å². The zero-order valence-electron chi connectivity index (χ0n) is 11.8. The fourth-order valence-electron chi connectivity index (χ4n) is 3.08. The molecule has 1 N–H and O–H groups in total. The summed E-state index contributed by atoms with van der Waals surface area (Å²) in [6, 6.07) is 1.91. The molecule has 2 atom stereocenters. The van der Waals surface area contributed by atoms with Crippen LogP contribution in [-0.4, -0.2) is 16.1 Å². The lowest BCUT2D eigenvalue weighted by atomic mass is 9.78. The number of fused-ring (bicyclic) bond motifs is 2. The number of pyridine rings is 1. The predicted molar refractivity (Wildman–Crippen MR) is 74.5 cm³/mol. The molecule has 0 aliphatic heterocycles. The summed E-state index contributed by atoms with van der Waals surface area (Å²) in [6.45, 7) is 4.08. The van der Waals surface area contributed by atoms with Gasteiger partial charge in [-0.1, -0.05) is 13.8 Å². The van der Waals surface area contributed by atoms with Gasteiger partial charge in [-0.25, -0.2) is 13.6 Å². The maximum atomic E-state index is 13.5. The van der Waals surface area contributed by atoms with Crippen LogP contribution < -0.4 is 0 Å². The molecule has 0 radical (unpaired) electrons. The van der Waals surface area contributed by atoms with Gasteiger partial charge in [-0.2, -0.15) is 0 Å². The lowest BCUT2D eigenvalue weighted by Crippen LogP contribution is -2.21. The summed E-state index contributed by atoms with van der Waals surface area (Å²) in [7, 11) is 0. The summed E-state index contributed by atoms with van der Waals surface area (Å²) in [5.74, 6) is -2.70. The second-order valence-corrected chi connectivity index (χ2v) is 5.74. The van der Waals surface area contributed by atoms with Gasteiger partial charge in [0.25, 0.3) is 0 Å². The van der Waals surface area contributed by atoms with Crippen LogP contribution >= 0.6 is 0 Å². The second kappa shape index (κ2) is 4.76. The Balaban J connectivity index is 2.41. The third kappa shape index (κ3) is 2.07. The minimum Gasteiger partial charge on any atom is -0.478 e. The number of aromatic carboxylic acids is 1. The van der Waals surface area contributed by atoms with Gasteiger partial charge >= 0.3 is 5.97 Å². The lowest BCUT2D eigenvalue weighted by Gasteiger charge is -2.29. The first-order valence-electron chi connectivity index (χ1n) is 6.95. The summed E-state index contributed by atoms with van der Waals surface area (Å²) in [6.07, 6.45) is 1.47. The number of carboxylic acids is 1. The Labute approximate surface area is 120 Å². The first kappa shape index (κ1) is 13.9. The average molecular weight is 291 g/mol. The maximum Gasteiger partial charge on any atom is 0.336 e. The highest BCUT2D eigenvalue weighted by molar-refractivity contribution is 6.04. The fourth-order valence-corrected chi connectivity index (χ4v) is 3.08. The number of benzene rings is 1. The Hall–Kier alpha value is -2.04. The van der Waals surface area contributed by atoms with E-state index in [9.17, 15) is 18.7 Å². The summed E-state index contributed by atoms with van der Waals surface area (Å²) in [5, 5.41) is 9.68. The Morgan fingerprint density at radius 3 is 2.62 bits per heavy atom. The highest BCUT2D eigenvalue weighted by Crippen LogP contribution is 2.38. The Bertz CT molecular complexity index is 758. The molecule has 5 heteroatoms. The van der Waals surface area contributed by atoms with Crippen molar-refractivity contribution in [1.29, 1.82) is 0 Å². The van der Waals surface area contributed by atoms with Gasteiger partial charge in [-0.05, 0) is 30.4 Å². The fraction of sp³-hybridized carbons (Fsp3) is 0.375. The van der Waals surface area contributed by atoms with Crippen molar-refractivity contribution in [3.8, 4) is 0 Å². The van der Waals surface area contributed by atoms with Crippen molar-refractivity contribution < 1.29 is 18.7 Å². The standard InChI is InChI=1S/C16H15F2NO2/c1-7-3-4-9-14(16(20)21)10-5-11(17)12(18)6-13(10)19-15(9)8(7)2/h5-8H,3-4H2,1-2H3,(H,20,21). The zero-order chi connectivity index (χ0) is 15.3. The molecule has 110 valence electrons. The highest BCUT2D eigenvalue weighted by Gasteiger charge is 2.30. The van der Waals surface area contributed by atoms with E-state index < -0.39 is 17.6 Å². The molecule has 1 heterocycles. The Morgan fingerprint density at radius 2 is 1.95 bits per heavy atom. The number of hydrogen-bond acceptors (Lipinski definition) is 2. The monoisotopic (exact) mass is 291 g/mol. The summed E-state index contributed by atoms with van der Waals surface area (Å²) in [5.41, 5.74) is 1.62. The number of carboxylic acid groups (broad SMARTS) is 1. The van der Waals surface area contributed by atoms with E-state index in [1.807, 2.05) is 6.92 Å². The molecule has 3 nitrogen and oxygen atoms in total. The first-order valence-corrected chi connectivity index (χ1v) is 6.95. The molecule has 1 aromatic heterocycles.